The highest BCUT2D eigenvalue weighted by molar-refractivity contribution is 9.11. The van der Waals surface area contributed by atoms with Gasteiger partial charge >= 0.3 is 0 Å². The molecule has 2 aliphatic carbocycles. The van der Waals surface area contributed by atoms with E-state index in [1.165, 1.54) is 32.7 Å². The van der Waals surface area contributed by atoms with Crippen LogP contribution in [-0.4, -0.2) is 58.0 Å². The second-order valence-corrected chi connectivity index (χ2v) is 23.4. The molecule has 12 rings (SSSR count). The van der Waals surface area contributed by atoms with Crippen molar-refractivity contribution in [2.75, 3.05) is 37.4 Å². The molecule has 6 aromatic rings. The Balaban J connectivity index is 0.926. The van der Waals surface area contributed by atoms with Gasteiger partial charge in [0.2, 0.25) is 11.4 Å². The summed E-state index contributed by atoms with van der Waals surface area (Å²) in [5, 5.41) is 28.8. The Labute approximate surface area is 441 Å². The molecule has 11 nitrogen and oxygen atoms in total. The molecule has 6 aliphatic rings. The van der Waals surface area contributed by atoms with Crippen molar-refractivity contribution in [3.8, 4) is 0 Å². The third-order valence-electron chi connectivity index (χ3n) is 17.4. The van der Waals surface area contributed by atoms with Crippen molar-refractivity contribution in [3.63, 3.8) is 0 Å². The summed E-state index contributed by atoms with van der Waals surface area (Å²) in [5.41, 5.74) is 12.3. The number of rotatable bonds is 10. The minimum atomic E-state index is -0.390. The molecule has 13 heteroatoms. The molecule has 2 saturated carbocycles. The Morgan fingerprint density at radius 3 is 1.37 bits per heavy atom. The van der Waals surface area contributed by atoms with Crippen molar-refractivity contribution >= 4 is 99.0 Å². The van der Waals surface area contributed by atoms with Gasteiger partial charge in [-0.3, -0.25) is 25.0 Å². The van der Waals surface area contributed by atoms with Crippen molar-refractivity contribution in [2.45, 2.75) is 87.9 Å². The van der Waals surface area contributed by atoms with Gasteiger partial charge in [-0.25, -0.2) is 0 Å². The minimum Gasteiger partial charge on any atom is -0.347 e. The average molecular weight is 1100 g/mol. The highest BCUT2D eigenvalue weighted by Gasteiger charge is 2.53. The summed E-state index contributed by atoms with van der Waals surface area (Å²) in [5.74, 6) is 0. The zero-order valence-corrected chi connectivity index (χ0v) is 45.0. The van der Waals surface area contributed by atoms with Gasteiger partial charge < -0.3 is 9.80 Å². The number of hydrogen-bond donors (Lipinski definition) is 0. The topological polar surface area (TPSA) is 108 Å². The first-order chi connectivity index (χ1) is 35.0. The molecule has 0 atom stereocenters. The number of benzene rings is 6. The summed E-state index contributed by atoms with van der Waals surface area (Å²) in [6.45, 7) is 9.80. The van der Waals surface area contributed by atoms with E-state index in [1.54, 1.807) is 12.1 Å². The van der Waals surface area contributed by atoms with E-state index in [-0.39, 0.29) is 42.9 Å². The number of halogens is 2. The Kier molecular flexibility index (Phi) is 11.1. The van der Waals surface area contributed by atoms with Crippen LogP contribution in [0.4, 0.5) is 34.1 Å². The van der Waals surface area contributed by atoms with Gasteiger partial charge in [-0.1, -0.05) is 73.5 Å². The lowest BCUT2D eigenvalue weighted by atomic mass is 9.63. The fraction of sp³-hybridized carbons (Fsp3) is 0.300. The van der Waals surface area contributed by atoms with Crippen molar-refractivity contribution in [2.24, 2.45) is 0 Å². The largest absolute Gasteiger partial charge is 0.347 e. The second kappa shape index (κ2) is 17.0. The Morgan fingerprint density at radius 2 is 1.00 bits per heavy atom. The number of ether oxygens (including phenoxy) is 1. The number of anilines is 2. The van der Waals surface area contributed by atoms with Crippen LogP contribution in [-0.2, 0) is 26.4 Å². The maximum absolute atomic E-state index is 12.0. The zero-order valence-electron chi connectivity index (χ0n) is 41.8. The molecule has 4 heterocycles. The van der Waals surface area contributed by atoms with Crippen LogP contribution in [0, 0.1) is 20.2 Å². The normalized spacial score (nSPS) is 20.6. The van der Waals surface area contributed by atoms with Crippen LogP contribution in [0.25, 0.3) is 21.5 Å². The van der Waals surface area contributed by atoms with E-state index in [9.17, 15) is 20.2 Å². The Hall–Kier alpha value is -6.54. The molecule has 4 aliphatic heterocycles. The van der Waals surface area contributed by atoms with Crippen LogP contribution in [0.2, 0.25) is 0 Å². The van der Waals surface area contributed by atoms with E-state index in [4.69, 9.17) is 4.74 Å². The molecule has 2 spiro atoms. The third-order valence-corrected chi connectivity index (χ3v) is 18.6. The summed E-state index contributed by atoms with van der Waals surface area (Å²) in [6.07, 6.45) is 19.4. The highest BCUT2D eigenvalue weighted by atomic mass is 79.9. The quantitative estimate of drug-likeness (QED) is 0.0764. The van der Waals surface area contributed by atoms with E-state index in [0.29, 0.717) is 22.4 Å². The molecule has 73 heavy (non-hydrogen) atoms. The van der Waals surface area contributed by atoms with E-state index in [0.717, 1.165) is 95.2 Å². The van der Waals surface area contributed by atoms with Crippen molar-refractivity contribution in [1.82, 2.24) is 0 Å². The van der Waals surface area contributed by atoms with Gasteiger partial charge in [-0.2, -0.15) is 9.15 Å². The number of allylic oxidation sites excluding steroid dienone is 8. The Bertz CT molecular complexity index is 3410. The predicted molar refractivity (Wildman–Crippen MR) is 299 cm³/mol. The summed E-state index contributed by atoms with van der Waals surface area (Å²) >= 11 is 7.03. The number of nitro groups is 2. The van der Waals surface area contributed by atoms with Gasteiger partial charge in [-0.15, -0.1) is 0 Å². The standard InChI is InChI=1S/C60H56Br2N6O5/c1-57(2)51(19-11-21-53-59(27-13-28-59)41-31-43(61)49(67(69)70)33-47(41)63(53)5)65(45-25-23-37-15-7-9-17-39(37)55(45)57)35-73-36-66-46-26-24-38-16-8-10-18-40(38)56(46)58(3,4)52(66)20-12-22-54-60(29-14-30-60)42-32-44(62)50(68(71)72)34-48(42)64(54)6/h7-12,15-26,31-34H,13-14,27-30,35-36H2,1-6H3/q+2. The maximum Gasteiger partial charge on any atom is 0.285 e. The van der Waals surface area contributed by atoms with Gasteiger partial charge in [-0.05, 0) is 154 Å². The highest BCUT2D eigenvalue weighted by Crippen LogP contribution is 2.61. The molecular weight excluding hydrogens is 1040 g/mol. The number of hydrogen-bond acceptors (Lipinski definition) is 7. The molecular formula is C60H56Br2N6O5+2. The molecule has 0 amide bonds. The van der Waals surface area contributed by atoms with Gasteiger partial charge in [0.1, 0.15) is 0 Å². The lowest BCUT2D eigenvalue weighted by Gasteiger charge is -2.40. The summed E-state index contributed by atoms with van der Waals surface area (Å²) in [6, 6.07) is 33.5. The Morgan fingerprint density at radius 1 is 0.603 bits per heavy atom. The molecule has 0 radical (unpaired) electrons. The minimum absolute atomic E-state index is 0.0727. The first kappa shape index (κ1) is 47.5. The van der Waals surface area contributed by atoms with Crippen LogP contribution in [0.15, 0.2) is 154 Å². The van der Waals surface area contributed by atoms with Crippen LogP contribution in [0.1, 0.15) is 88.5 Å². The van der Waals surface area contributed by atoms with Gasteiger partial charge in [0.05, 0.1) is 41.0 Å². The second-order valence-electron chi connectivity index (χ2n) is 21.7. The maximum atomic E-state index is 12.0. The van der Waals surface area contributed by atoms with Crippen LogP contribution < -0.4 is 9.80 Å². The molecule has 0 bridgehead atoms. The molecule has 368 valence electrons. The van der Waals surface area contributed by atoms with Crippen molar-refractivity contribution in [1.29, 1.82) is 0 Å². The average Bonchev–Trinajstić information content (AvgIpc) is 3.90. The third kappa shape index (κ3) is 6.90. The van der Waals surface area contributed by atoms with Gasteiger partial charge in [0.25, 0.3) is 24.8 Å². The number of nitro benzene ring substituents is 2. The molecule has 2 fully saturated rings. The van der Waals surface area contributed by atoms with Crippen molar-refractivity contribution in [3.05, 3.63) is 196 Å². The molecule has 0 aromatic heterocycles. The van der Waals surface area contributed by atoms with E-state index in [1.807, 2.05) is 26.2 Å². The number of fused-ring (bicyclic) bond motifs is 10. The fourth-order valence-corrected chi connectivity index (χ4v) is 14.5. The van der Waals surface area contributed by atoms with Gasteiger partial charge in [0, 0.05) is 83.9 Å². The monoisotopic (exact) mass is 1100 g/mol. The van der Waals surface area contributed by atoms with Gasteiger partial charge in [0.15, 0.2) is 11.4 Å². The van der Waals surface area contributed by atoms with Crippen LogP contribution >= 0.6 is 31.9 Å². The van der Waals surface area contributed by atoms with Crippen molar-refractivity contribution < 1.29 is 23.7 Å². The zero-order chi connectivity index (χ0) is 50.9. The SMILES string of the molecule is CN1/C(=C/C=C/C2=[N+](COC[N+]3=C(/C=C/C=C4/N(C)c5cc([N+](=O)[O-])c(Br)cc5C45CCC5)C(C)(C)c4c3ccc3ccccc43)c3ccc4ccccc4c3C2(C)C)C2(CCC2)c2cc(Br)c([N+](=O)[O-])cc21. The smallest absolute Gasteiger partial charge is 0.285 e. The van der Waals surface area contributed by atoms with E-state index >= 15 is 0 Å². The molecule has 0 saturated heterocycles. The first-order valence-corrected chi connectivity index (χ1v) is 26.7. The molecule has 6 aromatic carbocycles. The lowest BCUT2D eigenvalue weighted by molar-refractivity contribution is -0.551. The summed E-state index contributed by atoms with van der Waals surface area (Å²) < 4.78 is 12.7. The number of likely N-dealkylation sites (N-methyl/N-ethyl adjacent to an activating group) is 2. The summed E-state index contributed by atoms with van der Waals surface area (Å²) in [4.78, 5) is 27.7. The van der Waals surface area contributed by atoms with E-state index in [2.05, 4.69) is 188 Å². The molecule has 0 N–H and O–H groups in total. The van der Waals surface area contributed by atoms with Crippen LogP contribution in [0.3, 0.4) is 0 Å². The van der Waals surface area contributed by atoms with Crippen LogP contribution in [0.5, 0.6) is 0 Å². The summed E-state index contributed by atoms with van der Waals surface area (Å²) in [7, 11) is 4.06. The molecule has 0 unspecified atom stereocenters. The van der Waals surface area contributed by atoms with E-state index < -0.39 is 0 Å². The number of nitrogens with zero attached hydrogens (tertiary/aromatic N) is 6. The fourth-order valence-electron chi connectivity index (χ4n) is 13.6. The lowest BCUT2D eigenvalue weighted by Crippen LogP contribution is -2.36. The first-order valence-electron chi connectivity index (χ1n) is 25.1. The predicted octanol–water partition coefficient (Wildman–Crippen LogP) is 14.7.